The van der Waals surface area contributed by atoms with Gasteiger partial charge >= 0.3 is 5.97 Å². The third-order valence-electron chi connectivity index (χ3n) is 4.88. The lowest BCUT2D eigenvalue weighted by molar-refractivity contribution is -0.146. The summed E-state index contributed by atoms with van der Waals surface area (Å²) in [6.07, 6.45) is 1.58. The molecule has 2 aliphatic rings. The number of aromatic nitrogens is 1. The fourth-order valence-electron chi connectivity index (χ4n) is 3.37. The highest BCUT2D eigenvalue weighted by Crippen LogP contribution is 2.25. The van der Waals surface area contributed by atoms with Crippen molar-refractivity contribution >= 4 is 27.5 Å². The molecular weight excluding hydrogens is 378 g/mol. The molecule has 0 saturated carbocycles. The Kier molecular flexibility index (Phi) is 6.29. The van der Waals surface area contributed by atoms with Gasteiger partial charge in [0.15, 0.2) is 0 Å². The number of carbonyl (C=O) groups is 1. The largest absolute Gasteiger partial charge is 0.469 e. The number of rotatable bonds is 6. The summed E-state index contributed by atoms with van der Waals surface area (Å²) in [5.74, 6) is -0.461. The Balaban J connectivity index is 1.50. The zero-order chi connectivity index (χ0) is 18.7. The lowest BCUT2D eigenvalue weighted by Gasteiger charge is -2.32. The van der Waals surface area contributed by atoms with Crippen LogP contribution in [0.15, 0.2) is 5.38 Å². The van der Waals surface area contributed by atoms with Gasteiger partial charge in [0.25, 0.3) is 10.2 Å². The maximum absolute atomic E-state index is 12.8. The Hall–Kier alpha value is -1.07. The van der Waals surface area contributed by atoms with Crippen molar-refractivity contribution in [3.63, 3.8) is 0 Å². The third kappa shape index (κ3) is 4.42. The Morgan fingerprint density at radius 3 is 2.58 bits per heavy atom. The molecule has 1 atom stereocenters. The van der Waals surface area contributed by atoms with Crippen molar-refractivity contribution in [1.82, 2.24) is 13.6 Å². The third-order valence-corrected chi connectivity index (χ3v) is 7.71. The zero-order valence-electron chi connectivity index (χ0n) is 15.1. The van der Waals surface area contributed by atoms with Gasteiger partial charge in [-0.2, -0.15) is 17.0 Å². The quantitative estimate of drug-likeness (QED) is 0.663. The van der Waals surface area contributed by atoms with E-state index in [-0.39, 0.29) is 18.0 Å². The number of hydrogen-bond donors (Lipinski definition) is 0. The van der Waals surface area contributed by atoms with E-state index in [0.717, 1.165) is 10.7 Å². The highest BCUT2D eigenvalue weighted by Gasteiger charge is 2.38. The molecule has 2 fully saturated rings. The summed E-state index contributed by atoms with van der Waals surface area (Å²) < 4.78 is 39.2. The van der Waals surface area contributed by atoms with Crippen LogP contribution < -0.4 is 0 Å². The van der Waals surface area contributed by atoms with Crippen LogP contribution in [0.1, 0.15) is 30.0 Å². The number of piperidine rings is 1. The van der Waals surface area contributed by atoms with Crippen LogP contribution in [0, 0.1) is 12.8 Å². The molecule has 0 amide bonds. The standard InChI is InChI=1S/C16H25N3O5S2/c1-12-17-14(11-25-12)10-24-15-5-8-19(9-15)26(21,22)18-6-3-13(4-7-18)16(20)23-2/h11,13,15H,3-10H2,1-2H3/t15-/m0/s1. The normalized spacial score (nSPS) is 23.4. The summed E-state index contributed by atoms with van der Waals surface area (Å²) in [6, 6.07) is 0. The summed E-state index contributed by atoms with van der Waals surface area (Å²) in [6.45, 7) is 3.88. The Morgan fingerprint density at radius 2 is 1.96 bits per heavy atom. The number of methoxy groups -OCH3 is 1. The molecule has 0 unspecified atom stereocenters. The summed E-state index contributed by atoms with van der Waals surface area (Å²) in [5.41, 5.74) is 0.888. The van der Waals surface area contributed by atoms with Gasteiger partial charge in [-0.15, -0.1) is 11.3 Å². The highest BCUT2D eigenvalue weighted by atomic mass is 32.2. The second kappa shape index (κ2) is 8.30. The summed E-state index contributed by atoms with van der Waals surface area (Å²) in [7, 11) is -2.14. The minimum absolute atomic E-state index is 0.112. The molecule has 2 aliphatic heterocycles. The molecule has 0 radical (unpaired) electrons. The number of carbonyl (C=O) groups excluding carboxylic acids is 1. The maximum Gasteiger partial charge on any atom is 0.308 e. The molecule has 8 nitrogen and oxygen atoms in total. The number of ether oxygens (including phenoxy) is 2. The second-order valence-electron chi connectivity index (χ2n) is 6.64. The van der Waals surface area contributed by atoms with Crippen molar-refractivity contribution in [3.05, 3.63) is 16.1 Å². The van der Waals surface area contributed by atoms with E-state index in [1.54, 1.807) is 11.3 Å². The molecular formula is C16H25N3O5S2. The van der Waals surface area contributed by atoms with Crippen LogP contribution in [0.25, 0.3) is 0 Å². The molecule has 146 valence electrons. The van der Waals surface area contributed by atoms with E-state index >= 15 is 0 Å². The molecule has 3 rings (SSSR count). The lowest BCUT2D eigenvalue weighted by Crippen LogP contribution is -2.47. The number of hydrogen-bond acceptors (Lipinski definition) is 7. The first-order valence-corrected chi connectivity index (χ1v) is 11.0. The van der Waals surface area contributed by atoms with E-state index in [4.69, 9.17) is 9.47 Å². The van der Waals surface area contributed by atoms with Crippen molar-refractivity contribution in [2.75, 3.05) is 33.3 Å². The molecule has 26 heavy (non-hydrogen) atoms. The average molecular weight is 404 g/mol. The van der Waals surface area contributed by atoms with Gasteiger partial charge in [-0.05, 0) is 26.2 Å². The SMILES string of the molecule is COC(=O)C1CCN(S(=O)(=O)N2CC[C@H](OCc3csc(C)n3)C2)CC1. The summed E-state index contributed by atoms with van der Waals surface area (Å²) in [4.78, 5) is 15.9. The fraction of sp³-hybridized carbons (Fsp3) is 0.750. The van der Waals surface area contributed by atoms with E-state index in [9.17, 15) is 13.2 Å². The van der Waals surface area contributed by atoms with Crippen LogP contribution in [0.5, 0.6) is 0 Å². The van der Waals surface area contributed by atoms with Gasteiger partial charge in [-0.25, -0.2) is 4.98 Å². The van der Waals surface area contributed by atoms with E-state index < -0.39 is 10.2 Å². The second-order valence-corrected chi connectivity index (χ2v) is 9.63. The van der Waals surface area contributed by atoms with Crippen molar-refractivity contribution in [1.29, 1.82) is 0 Å². The maximum atomic E-state index is 12.8. The first-order valence-electron chi connectivity index (χ1n) is 8.76. The monoisotopic (exact) mass is 403 g/mol. The summed E-state index contributed by atoms with van der Waals surface area (Å²) in [5, 5.41) is 2.96. The number of aryl methyl sites for hydroxylation is 1. The van der Waals surface area contributed by atoms with E-state index in [2.05, 4.69) is 4.98 Å². The highest BCUT2D eigenvalue weighted by molar-refractivity contribution is 7.86. The van der Waals surface area contributed by atoms with Crippen molar-refractivity contribution < 1.29 is 22.7 Å². The Labute approximate surface area is 158 Å². The predicted molar refractivity (Wildman–Crippen MR) is 96.9 cm³/mol. The van der Waals surface area contributed by atoms with Crippen LogP contribution in [0.3, 0.4) is 0 Å². The van der Waals surface area contributed by atoms with Crippen LogP contribution in [0.4, 0.5) is 0 Å². The van der Waals surface area contributed by atoms with Crippen molar-refractivity contribution in [3.8, 4) is 0 Å². The molecule has 1 aromatic rings. The van der Waals surface area contributed by atoms with Gasteiger partial charge in [0.2, 0.25) is 0 Å². The van der Waals surface area contributed by atoms with E-state index in [0.29, 0.717) is 52.0 Å². The molecule has 0 spiro atoms. The number of thiazole rings is 1. The van der Waals surface area contributed by atoms with Gasteiger partial charge in [0.1, 0.15) is 0 Å². The minimum Gasteiger partial charge on any atom is -0.469 e. The van der Waals surface area contributed by atoms with Crippen LogP contribution >= 0.6 is 11.3 Å². The molecule has 0 aliphatic carbocycles. The van der Waals surface area contributed by atoms with Gasteiger partial charge < -0.3 is 9.47 Å². The lowest BCUT2D eigenvalue weighted by atomic mass is 9.99. The number of nitrogens with zero attached hydrogens (tertiary/aromatic N) is 3. The van der Waals surface area contributed by atoms with Gasteiger partial charge in [0.05, 0.1) is 36.4 Å². The van der Waals surface area contributed by atoms with Crippen LogP contribution in [-0.4, -0.2) is 67.4 Å². The van der Waals surface area contributed by atoms with E-state index in [1.165, 1.54) is 15.7 Å². The molecule has 0 aromatic carbocycles. The van der Waals surface area contributed by atoms with Crippen molar-refractivity contribution in [2.24, 2.45) is 5.92 Å². The topological polar surface area (TPSA) is 89.0 Å². The van der Waals surface area contributed by atoms with Crippen LogP contribution in [-0.2, 0) is 31.1 Å². The number of esters is 1. The first kappa shape index (κ1) is 19.7. The average Bonchev–Trinajstić information content (AvgIpc) is 3.28. The van der Waals surface area contributed by atoms with Gasteiger partial charge in [-0.3, -0.25) is 4.79 Å². The Morgan fingerprint density at radius 1 is 1.27 bits per heavy atom. The van der Waals surface area contributed by atoms with E-state index in [1.807, 2.05) is 12.3 Å². The molecule has 1 aromatic heterocycles. The fourth-order valence-corrected chi connectivity index (χ4v) is 5.66. The van der Waals surface area contributed by atoms with Gasteiger partial charge in [-0.1, -0.05) is 0 Å². The molecule has 3 heterocycles. The Bertz CT molecular complexity index is 728. The summed E-state index contributed by atoms with van der Waals surface area (Å²) >= 11 is 1.58. The smallest absolute Gasteiger partial charge is 0.308 e. The minimum atomic E-state index is -3.51. The van der Waals surface area contributed by atoms with Crippen molar-refractivity contribution in [2.45, 2.75) is 38.9 Å². The molecule has 0 bridgehead atoms. The van der Waals surface area contributed by atoms with Crippen LogP contribution in [0.2, 0.25) is 0 Å². The molecule has 2 saturated heterocycles. The predicted octanol–water partition coefficient (Wildman–Crippen LogP) is 1.17. The first-order chi connectivity index (χ1) is 12.4. The molecule has 10 heteroatoms. The van der Waals surface area contributed by atoms with Gasteiger partial charge in [0, 0.05) is 31.6 Å². The zero-order valence-corrected chi connectivity index (χ0v) is 16.7. The molecule has 0 N–H and O–H groups in total.